The van der Waals surface area contributed by atoms with E-state index in [4.69, 9.17) is 0 Å². The van der Waals surface area contributed by atoms with Gasteiger partial charge in [-0.2, -0.15) is 5.10 Å². The molecule has 4 nitrogen and oxygen atoms in total. The SMILES string of the molecule is CNC(Cc1ccccn1)c1nn(C)c2ccccc12. The van der Waals surface area contributed by atoms with E-state index in [2.05, 4.69) is 39.7 Å². The first-order valence-corrected chi connectivity index (χ1v) is 6.78. The number of rotatable bonds is 4. The van der Waals surface area contributed by atoms with Crippen molar-refractivity contribution in [1.82, 2.24) is 20.1 Å². The summed E-state index contributed by atoms with van der Waals surface area (Å²) in [5, 5.41) is 9.24. The summed E-state index contributed by atoms with van der Waals surface area (Å²) in [6.45, 7) is 0. The van der Waals surface area contributed by atoms with Crippen LogP contribution in [0, 0.1) is 0 Å². The summed E-state index contributed by atoms with van der Waals surface area (Å²) < 4.78 is 1.94. The van der Waals surface area contributed by atoms with E-state index in [0.29, 0.717) is 0 Å². The topological polar surface area (TPSA) is 42.7 Å². The molecule has 0 saturated heterocycles. The Bertz CT molecular complexity index is 703. The Morgan fingerprint density at radius 1 is 1.15 bits per heavy atom. The van der Waals surface area contributed by atoms with Crippen LogP contribution in [0.25, 0.3) is 10.9 Å². The molecule has 1 N–H and O–H groups in total. The van der Waals surface area contributed by atoms with Crippen LogP contribution in [-0.4, -0.2) is 21.8 Å². The van der Waals surface area contributed by atoms with Gasteiger partial charge in [-0.1, -0.05) is 24.3 Å². The fourth-order valence-electron chi connectivity index (χ4n) is 2.56. The summed E-state index contributed by atoms with van der Waals surface area (Å²) in [4.78, 5) is 4.40. The fraction of sp³-hybridized carbons (Fsp3) is 0.250. The van der Waals surface area contributed by atoms with Crippen LogP contribution in [0.1, 0.15) is 17.4 Å². The molecule has 0 fully saturated rings. The molecule has 1 aromatic carbocycles. The Morgan fingerprint density at radius 2 is 1.95 bits per heavy atom. The van der Waals surface area contributed by atoms with Gasteiger partial charge in [-0.25, -0.2) is 0 Å². The largest absolute Gasteiger partial charge is 0.311 e. The second-order valence-electron chi connectivity index (χ2n) is 4.89. The molecule has 0 amide bonds. The molecule has 20 heavy (non-hydrogen) atoms. The van der Waals surface area contributed by atoms with E-state index < -0.39 is 0 Å². The van der Waals surface area contributed by atoms with Crippen LogP contribution in [0.15, 0.2) is 48.7 Å². The van der Waals surface area contributed by atoms with Gasteiger partial charge in [-0.3, -0.25) is 9.67 Å². The highest BCUT2D eigenvalue weighted by Gasteiger charge is 2.18. The van der Waals surface area contributed by atoms with Gasteiger partial charge < -0.3 is 5.32 Å². The number of fused-ring (bicyclic) bond motifs is 1. The Hall–Kier alpha value is -2.20. The number of benzene rings is 1. The van der Waals surface area contributed by atoms with Crippen LogP contribution >= 0.6 is 0 Å². The van der Waals surface area contributed by atoms with Gasteiger partial charge in [0, 0.05) is 30.7 Å². The minimum Gasteiger partial charge on any atom is -0.311 e. The van der Waals surface area contributed by atoms with Crippen LogP contribution in [0.2, 0.25) is 0 Å². The predicted molar refractivity (Wildman–Crippen MR) is 80.5 cm³/mol. The van der Waals surface area contributed by atoms with Crippen LogP contribution in [-0.2, 0) is 13.5 Å². The lowest BCUT2D eigenvalue weighted by Crippen LogP contribution is -2.20. The van der Waals surface area contributed by atoms with E-state index in [1.807, 2.05) is 43.2 Å². The van der Waals surface area contributed by atoms with Crippen molar-refractivity contribution in [3.63, 3.8) is 0 Å². The van der Waals surface area contributed by atoms with Gasteiger partial charge in [0.15, 0.2) is 0 Å². The Balaban J connectivity index is 1.99. The molecule has 0 bridgehead atoms. The van der Waals surface area contributed by atoms with Crippen molar-refractivity contribution >= 4 is 10.9 Å². The first kappa shape index (κ1) is 12.8. The molecular weight excluding hydrogens is 248 g/mol. The van der Waals surface area contributed by atoms with Crippen molar-refractivity contribution in [2.45, 2.75) is 12.5 Å². The van der Waals surface area contributed by atoms with Crippen LogP contribution in [0.4, 0.5) is 0 Å². The monoisotopic (exact) mass is 266 g/mol. The lowest BCUT2D eigenvalue weighted by Gasteiger charge is -2.13. The summed E-state index contributed by atoms with van der Waals surface area (Å²) in [7, 11) is 3.95. The van der Waals surface area contributed by atoms with Crippen LogP contribution in [0.5, 0.6) is 0 Å². The fourth-order valence-corrected chi connectivity index (χ4v) is 2.56. The first-order valence-electron chi connectivity index (χ1n) is 6.78. The zero-order valence-corrected chi connectivity index (χ0v) is 11.7. The maximum Gasteiger partial charge on any atom is 0.0876 e. The van der Waals surface area contributed by atoms with E-state index in [-0.39, 0.29) is 6.04 Å². The third-order valence-electron chi connectivity index (χ3n) is 3.60. The van der Waals surface area contributed by atoms with E-state index in [1.165, 1.54) is 5.39 Å². The number of nitrogens with one attached hydrogen (secondary N) is 1. The second kappa shape index (κ2) is 5.43. The van der Waals surface area contributed by atoms with Crippen molar-refractivity contribution in [3.05, 3.63) is 60.0 Å². The summed E-state index contributed by atoms with van der Waals surface area (Å²) in [6.07, 6.45) is 2.66. The maximum atomic E-state index is 4.68. The predicted octanol–water partition coefficient (Wildman–Crippen LogP) is 2.47. The summed E-state index contributed by atoms with van der Waals surface area (Å²) in [5.74, 6) is 0. The molecule has 0 aliphatic heterocycles. The molecule has 3 rings (SSSR count). The molecule has 0 aliphatic rings. The van der Waals surface area contributed by atoms with Crippen molar-refractivity contribution in [2.24, 2.45) is 7.05 Å². The molecule has 2 heterocycles. The Labute approximate surface area is 118 Å². The number of pyridine rings is 1. The van der Waals surface area contributed by atoms with Crippen molar-refractivity contribution in [2.75, 3.05) is 7.05 Å². The highest BCUT2D eigenvalue weighted by Crippen LogP contribution is 2.25. The maximum absolute atomic E-state index is 4.68. The van der Waals surface area contributed by atoms with E-state index in [9.17, 15) is 0 Å². The third kappa shape index (κ3) is 2.30. The molecular formula is C16H18N4. The average Bonchev–Trinajstić information content (AvgIpc) is 2.84. The van der Waals surface area contributed by atoms with E-state index in [0.717, 1.165) is 23.3 Å². The van der Waals surface area contributed by atoms with Crippen molar-refractivity contribution in [3.8, 4) is 0 Å². The minimum absolute atomic E-state index is 0.163. The zero-order valence-electron chi connectivity index (χ0n) is 11.7. The summed E-state index contributed by atoms with van der Waals surface area (Å²) in [5.41, 5.74) is 3.31. The number of likely N-dealkylation sites (N-methyl/N-ethyl adjacent to an activating group) is 1. The lowest BCUT2D eigenvalue weighted by molar-refractivity contribution is 0.560. The Morgan fingerprint density at radius 3 is 2.70 bits per heavy atom. The molecule has 0 radical (unpaired) electrons. The quantitative estimate of drug-likeness (QED) is 0.789. The molecule has 1 atom stereocenters. The smallest absolute Gasteiger partial charge is 0.0876 e. The lowest BCUT2D eigenvalue weighted by atomic mass is 10.0. The summed E-state index contributed by atoms with van der Waals surface area (Å²) in [6, 6.07) is 14.5. The van der Waals surface area contributed by atoms with Gasteiger partial charge in [0.25, 0.3) is 0 Å². The minimum atomic E-state index is 0.163. The zero-order chi connectivity index (χ0) is 13.9. The number of hydrogen-bond acceptors (Lipinski definition) is 3. The van der Waals surface area contributed by atoms with Crippen LogP contribution in [0.3, 0.4) is 0 Å². The number of para-hydroxylation sites is 1. The first-order chi connectivity index (χ1) is 9.79. The standard InChI is InChI=1S/C16H18N4/c1-17-14(11-12-7-5-6-10-18-12)16-13-8-3-4-9-15(13)20(2)19-16/h3-10,14,17H,11H2,1-2H3. The number of aromatic nitrogens is 3. The second-order valence-corrected chi connectivity index (χ2v) is 4.89. The normalized spacial score (nSPS) is 12.7. The van der Waals surface area contributed by atoms with Gasteiger partial charge in [0.05, 0.1) is 17.3 Å². The molecule has 102 valence electrons. The summed E-state index contributed by atoms with van der Waals surface area (Å²) >= 11 is 0. The number of aryl methyl sites for hydroxylation is 1. The molecule has 1 unspecified atom stereocenters. The molecule has 4 heteroatoms. The molecule has 2 aromatic heterocycles. The van der Waals surface area contributed by atoms with E-state index in [1.54, 1.807) is 0 Å². The van der Waals surface area contributed by atoms with Crippen LogP contribution < -0.4 is 5.32 Å². The van der Waals surface area contributed by atoms with E-state index >= 15 is 0 Å². The Kier molecular flexibility index (Phi) is 3.48. The van der Waals surface area contributed by atoms with Gasteiger partial charge in [0.1, 0.15) is 0 Å². The van der Waals surface area contributed by atoms with Gasteiger partial charge in [0.2, 0.25) is 0 Å². The van der Waals surface area contributed by atoms with Crippen molar-refractivity contribution < 1.29 is 0 Å². The van der Waals surface area contributed by atoms with Crippen molar-refractivity contribution in [1.29, 1.82) is 0 Å². The third-order valence-corrected chi connectivity index (χ3v) is 3.60. The highest BCUT2D eigenvalue weighted by atomic mass is 15.3. The number of hydrogen-bond donors (Lipinski definition) is 1. The molecule has 0 aliphatic carbocycles. The highest BCUT2D eigenvalue weighted by molar-refractivity contribution is 5.82. The van der Waals surface area contributed by atoms with Gasteiger partial charge >= 0.3 is 0 Å². The number of nitrogens with zero attached hydrogens (tertiary/aromatic N) is 3. The molecule has 0 saturated carbocycles. The van der Waals surface area contributed by atoms with Gasteiger partial charge in [-0.05, 0) is 25.2 Å². The van der Waals surface area contributed by atoms with Gasteiger partial charge in [-0.15, -0.1) is 0 Å². The molecule has 0 spiro atoms. The average molecular weight is 266 g/mol. The molecule has 3 aromatic rings.